The van der Waals surface area contributed by atoms with Crippen molar-refractivity contribution in [2.24, 2.45) is 0 Å². The van der Waals surface area contributed by atoms with Gasteiger partial charge in [0, 0.05) is 32.6 Å². The number of likely N-dealkylation sites (N-methyl/N-ethyl adjacent to an activating group) is 1. The summed E-state index contributed by atoms with van der Waals surface area (Å²) in [6, 6.07) is 5.84. The standard InChI is InChI=1S/C13H17ClN2O2/c1-16-8-11(15-6-5-13(16)17)9-3-4-12(18-2)10(14)7-9/h3-4,7,11,15H,5-6,8H2,1-2H3. The molecule has 1 saturated heterocycles. The summed E-state index contributed by atoms with van der Waals surface area (Å²) in [7, 11) is 3.42. The van der Waals surface area contributed by atoms with Crippen LogP contribution in [0.4, 0.5) is 0 Å². The van der Waals surface area contributed by atoms with Crippen LogP contribution in [0.5, 0.6) is 5.75 Å². The third-order valence-corrected chi connectivity index (χ3v) is 3.49. The number of ether oxygens (including phenoxy) is 1. The summed E-state index contributed by atoms with van der Waals surface area (Å²) in [5.74, 6) is 0.836. The predicted molar refractivity (Wildman–Crippen MR) is 71.0 cm³/mol. The molecule has 1 fully saturated rings. The summed E-state index contributed by atoms with van der Waals surface area (Å²) in [5.41, 5.74) is 1.07. The minimum Gasteiger partial charge on any atom is -0.495 e. The highest BCUT2D eigenvalue weighted by atomic mass is 35.5. The molecule has 1 aliphatic heterocycles. The van der Waals surface area contributed by atoms with Gasteiger partial charge in [-0.2, -0.15) is 0 Å². The molecule has 98 valence electrons. The number of rotatable bonds is 2. The number of amides is 1. The average molecular weight is 269 g/mol. The average Bonchev–Trinajstić information content (AvgIpc) is 2.52. The van der Waals surface area contributed by atoms with Crippen molar-refractivity contribution < 1.29 is 9.53 Å². The molecule has 5 heteroatoms. The van der Waals surface area contributed by atoms with Gasteiger partial charge in [-0.3, -0.25) is 4.79 Å². The number of benzene rings is 1. The van der Waals surface area contributed by atoms with Crippen molar-refractivity contribution in [2.75, 3.05) is 27.2 Å². The van der Waals surface area contributed by atoms with Gasteiger partial charge >= 0.3 is 0 Å². The lowest BCUT2D eigenvalue weighted by Gasteiger charge is -2.21. The van der Waals surface area contributed by atoms with Crippen LogP contribution in [-0.4, -0.2) is 38.1 Å². The molecule has 0 aliphatic carbocycles. The van der Waals surface area contributed by atoms with E-state index in [0.717, 1.165) is 5.56 Å². The van der Waals surface area contributed by atoms with Crippen molar-refractivity contribution in [3.05, 3.63) is 28.8 Å². The second kappa shape index (κ2) is 5.59. The first-order valence-electron chi connectivity index (χ1n) is 5.92. The monoisotopic (exact) mass is 268 g/mol. The molecule has 0 bridgehead atoms. The molecule has 1 N–H and O–H groups in total. The molecule has 1 unspecified atom stereocenters. The summed E-state index contributed by atoms with van der Waals surface area (Å²) in [6.45, 7) is 1.35. The Labute approximate surface area is 112 Å². The number of nitrogens with zero attached hydrogens (tertiary/aromatic N) is 1. The second-order valence-electron chi connectivity index (χ2n) is 4.42. The van der Waals surface area contributed by atoms with Crippen molar-refractivity contribution in [3.63, 3.8) is 0 Å². The Bertz CT molecular complexity index is 451. The van der Waals surface area contributed by atoms with Gasteiger partial charge < -0.3 is 15.0 Å². The number of halogens is 1. The van der Waals surface area contributed by atoms with Crippen molar-refractivity contribution in [1.29, 1.82) is 0 Å². The van der Waals surface area contributed by atoms with E-state index in [0.29, 0.717) is 30.3 Å². The topological polar surface area (TPSA) is 41.6 Å². The first kappa shape index (κ1) is 13.2. The third kappa shape index (κ3) is 2.76. The van der Waals surface area contributed by atoms with Gasteiger partial charge in [-0.25, -0.2) is 0 Å². The fourth-order valence-corrected chi connectivity index (χ4v) is 2.37. The van der Waals surface area contributed by atoms with E-state index in [-0.39, 0.29) is 11.9 Å². The Morgan fingerprint density at radius 2 is 2.28 bits per heavy atom. The molecule has 1 heterocycles. The van der Waals surface area contributed by atoms with Crippen molar-refractivity contribution in [3.8, 4) is 5.75 Å². The molecule has 1 aromatic rings. The number of hydrogen-bond donors (Lipinski definition) is 1. The summed E-state index contributed by atoms with van der Waals surface area (Å²) in [6.07, 6.45) is 0.539. The van der Waals surface area contributed by atoms with Crippen LogP contribution in [0.2, 0.25) is 5.02 Å². The normalized spacial score (nSPS) is 20.7. The molecular weight excluding hydrogens is 252 g/mol. The Hall–Kier alpha value is -1.26. The minimum absolute atomic E-state index is 0.116. The molecule has 0 radical (unpaired) electrons. The summed E-state index contributed by atoms with van der Waals surface area (Å²) in [5, 5.41) is 3.95. The lowest BCUT2D eigenvalue weighted by molar-refractivity contribution is -0.129. The first-order valence-corrected chi connectivity index (χ1v) is 6.30. The van der Waals surface area contributed by atoms with Crippen LogP contribution in [0.15, 0.2) is 18.2 Å². The van der Waals surface area contributed by atoms with E-state index < -0.39 is 0 Å². The number of nitrogens with one attached hydrogen (secondary N) is 1. The van der Waals surface area contributed by atoms with E-state index in [2.05, 4.69) is 5.32 Å². The SMILES string of the molecule is COc1ccc(C2CN(C)C(=O)CCN2)cc1Cl. The zero-order valence-corrected chi connectivity index (χ0v) is 11.3. The van der Waals surface area contributed by atoms with Gasteiger partial charge in [-0.1, -0.05) is 17.7 Å². The van der Waals surface area contributed by atoms with Gasteiger partial charge in [0.05, 0.1) is 12.1 Å². The largest absolute Gasteiger partial charge is 0.495 e. The van der Waals surface area contributed by atoms with Gasteiger partial charge in [0.15, 0.2) is 0 Å². The second-order valence-corrected chi connectivity index (χ2v) is 4.83. The highest BCUT2D eigenvalue weighted by Gasteiger charge is 2.21. The Balaban J connectivity index is 2.20. The van der Waals surface area contributed by atoms with Gasteiger partial charge in [0.25, 0.3) is 0 Å². The Morgan fingerprint density at radius 3 is 2.94 bits per heavy atom. The van der Waals surface area contributed by atoms with E-state index in [1.54, 1.807) is 12.0 Å². The molecule has 2 rings (SSSR count). The van der Waals surface area contributed by atoms with Gasteiger partial charge in [-0.05, 0) is 17.7 Å². The van der Waals surface area contributed by atoms with Crippen LogP contribution in [-0.2, 0) is 4.79 Å². The first-order chi connectivity index (χ1) is 8.61. The van der Waals surface area contributed by atoms with Crippen LogP contribution in [0.3, 0.4) is 0 Å². The van der Waals surface area contributed by atoms with Crippen LogP contribution >= 0.6 is 11.6 Å². The molecular formula is C13H17ClN2O2. The zero-order valence-electron chi connectivity index (χ0n) is 10.6. The Morgan fingerprint density at radius 1 is 1.50 bits per heavy atom. The van der Waals surface area contributed by atoms with Gasteiger partial charge in [0.2, 0.25) is 5.91 Å². The smallest absolute Gasteiger partial charge is 0.223 e. The van der Waals surface area contributed by atoms with Gasteiger partial charge in [-0.15, -0.1) is 0 Å². The molecule has 0 spiro atoms. The van der Waals surface area contributed by atoms with Crippen LogP contribution in [0, 0.1) is 0 Å². The molecule has 18 heavy (non-hydrogen) atoms. The van der Waals surface area contributed by atoms with Crippen LogP contribution in [0.1, 0.15) is 18.0 Å². The zero-order chi connectivity index (χ0) is 13.1. The highest BCUT2D eigenvalue weighted by Crippen LogP contribution is 2.28. The quantitative estimate of drug-likeness (QED) is 0.890. The summed E-state index contributed by atoms with van der Waals surface area (Å²) < 4.78 is 5.13. The van der Waals surface area contributed by atoms with Gasteiger partial charge in [0.1, 0.15) is 5.75 Å². The molecule has 1 atom stereocenters. The maximum Gasteiger partial charge on any atom is 0.223 e. The predicted octanol–water partition coefficient (Wildman–Crippen LogP) is 1.84. The maximum atomic E-state index is 11.6. The van der Waals surface area contributed by atoms with E-state index in [4.69, 9.17) is 16.3 Å². The van der Waals surface area contributed by atoms with Crippen molar-refractivity contribution >= 4 is 17.5 Å². The van der Waals surface area contributed by atoms with Crippen molar-refractivity contribution in [2.45, 2.75) is 12.5 Å². The number of methoxy groups -OCH3 is 1. The Kier molecular flexibility index (Phi) is 4.09. The molecule has 1 aromatic carbocycles. The maximum absolute atomic E-state index is 11.6. The lowest BCUT2D eigenvalue weighted by Crippen LogP contribution is -2.30. The molecule has 1 aliphatic rings. The molecule has 4 nitrogen and oxygen atoms in total. The number of hydrogen-bond acceptors (Lipinski definition) is 3. The molecule has 0 aromatic heterocycles. The highest BCUT2D eigenvalue weighted by molar-refractivity contribution is 6.32. The molecule has 0 saturated carbocycles. The van der Waals surface area contributed by atoms with E-state index in [1.807, 2.05) is 25.2 Å². The fourth-order valence-electron chi connectivity index (χ4n) is 2.11. The van der Waals surface area contributed by atoms with E-state index in [1.165, 1.54) is 0 Å². The number of carbonyl (C=O) groups is 1. The fraction of sp³-hybridized carbons (Fsp3) is 0.462. The van der Waals surface area contributed by atoms with Crippen LogP contribution in [0.25, 0.3) is 0 Å². The summed E-state index contributed by atoms with van der Waals surface area (Å²) >= 11 is 6.12. The minimum atomic E-state index is 0.116. The van der Waals surface area contributed by atoms with E-state index in [9.17, 15) is 4.79 Å². The van der Waals surface area contributed by atoms with Crippen molar-refractivity contribution in [1.82, 2.24) is 10.2 Å². The lowest BCUT2D eigenvalue weighted by atomic mass is 10.1. The van der Waals surface area contributed by atoms with E-state index >= 15 is 0 Å². The van der Waals surface area contributed by atoms with Crippen LogP contribution < -0.4 is 10.1 Å². The summed E-state index contributed by atoms with van der Waals surface area (Å²) in [4.78, 5) is 13.4. The number of carbonyl (C=O) groups excluding carboxylic acids is 1. The molecule has 1 amide bonds. The third-order valence-electron chi connectivity index (χ3n) is 3.19.